The Morgan fingerprint density at radius 3 is 2.64 bits per heavy atom. The summed E-state index contributed by atoms with van der Waals surface area (Å²) in [6.45, 7) is 5.88. The molecular formula is C8H12N2O. The van der Waals surface area contributed by atoms with Gasteiger partial charge >= 0.3 is 0 Å². The first-order chi connectivity index (χ1) is 5.16. The SMILES string of the molecule is Cc1cnn(C(C)C)c1C=O. The van der Waals surface area contributed by atoms with Crippen molar-refractivity contribution in [1.82, 2.24) is 9.78 Å². The molecule has 0 radical (unpaired) electrons. The molecule has 0 amide bonds. The fourth-order valence-corrected chi connectivity index (χ4v) is 1.02. The number of aromatic nitrogens is 2. The second kappa shape index (κ2) is 2.86. The molecule has 3 nitrogen and oxygen atoms in total. The van der Waals surface area contributed by atoms with Gasteiger partial charge < -0.3 is 0 Å². The van der Waals surface area contributed by atoms with Gasteiger partial charge in [0.2, 0.25) is 0 Å². The molecule has 0 saturated heterocycles. The van der Waals surface area contributed by atoms with E-state index in [4.69, 9.17) is 0 Å². The first-order valence-corrected chi connectivity index (χ1v) is 3.66. The van der Waals surface area contributed by atoms with E-state index in [0.29, 0.717) is 5.69 Å². The van der Waals surface area contributed by atoms with Crippen LogP contribution in [0.1, 0.15) is 35.9 Å². The molecule has 0 fully saturated rings. The summed E-state index contributed by atoms with van der Waals surface area (Å²) >= 11 is 0. The van der Waals surface area contributed by atoms with Gasteiger partial charge in [0.05, 0.1) is 6.20 Å². The van der Waals surface area contributed by atoms with E-state index >= 15 is 0 Å². The van der Waals surface area contributed by atoms with Crippen molar-refractivity contribution in [2.75, 3.05) is 0 Å². The van der Waals surface area contributed by atoms with Gasteiger partial charge in [0.1, 0.15) is 5.69 Å². The molecule has 0 unspecified atom stereocenters. The van der Waals surface area contributed by atoms with Gasteiger partial charge in [-0.05, 0) is 26.3 Å². The van der Waals surface area contributed by atoms with E-state index < -0.39 is 0 Å². The molecule has 60 valence electrons. The largest absolute Gasteiger partial charge is 0.296 e. The molecule has 0 saturated carbocycles. The van der Waals surface area contributed by atoms with Crippen LogP contribution >= 0.6 is 0 Å². The molecule has 0 aliphatic heterocycles. The minimum Gasteiger partial charge on any atom is -0.296 e. The fourth-order valence-electron chi connectivity index (χ4n) is 1.02. The number of carbonyl (C=O) groups is 1. The maximum absolute atomic E-state index is 10.6. The molecule has 0 bridgehead atoms. The first-order valence-electron chi connectivity index (χ1n) is 3.66. The van der Waals surface area contributed by atoms with E-state index in [1.807, 2.05) is 20.8 Å². The van der Waals surface area contributed by atoms with Gasteiger partial charge in [0.15, 0.2) is 6.29 Å². The van der Waals surface area contributed by atoms with Crippen LogP contribution in [0, 0.1) is 6.92 Å². The zero-order valence-electron chi connectivity index (χ0n) is 7.03. The number of aldehydes is 1. The molecule has 1 heterocycles. The Labute approximate surface area is 66.0 Å². The second-order valence-electron chi connectivity index (χ2n) is 2.87. The van der Waals surface area contributed by atoms with Gasteiger partial charge in [0.25, 0.3) is 0 Å². The topological polar surface area (TPSA) is 34.9 Å². The predicted molar refractivity (Wildman–Crippen MR) is 42.7 cm³/mol. The van der Waals surface area contributed by atoms with E-state index in [9.17, 15) is 4.79 Å². The average molecular weight is 152 g/mol. The van der Waals surface area contributed by atoms with E-state index in [2.05, 4.69) is 5.10 Å². The molecule has 0 aliphatic carbocycles. The highest BCUT2D eigenvalue weighted by molar-refractivity contribution is 5.74. The Hall–Kier alpha value is -1.12. The van der Waals surface area contributed by atoms with Crippen LogP contribution in [-0.2, 0) is 0 Å². The molecule has 0 N–H and O–H groups in total. The van der Waals surface area contributed by atoms with Crippen LogP contribution in [0.3, 0.4) is 0 Å². The number of nitrogens with zero attached hydrogens (tertiary/aromatic N) is 2. The maximum atomic E-state index is 10.6. The maximum Gasteiger partial charge on any atom is 0.168 e. The third-order valence-electron chi connectivity index (χ3n) is 1.63. The molecular weight excluding hydrogens is 140 g/mol. The summed E-state index contributed by atoms with van der Waals surface area (Å²) in [5.41, 5.74) is 1.62. The first kappa shape index (κ1) is 7.98. The third-order valence-corrected chi connectivity index (χ3v) is 1.63. The van der Waals surface area contributed by atoms with E-state index in [1.54, 1.807) is 10.9 Å². The number of carbonyl (C=O) groups excluding carboxylic acids is 1. The Bertz CT molecular complexity index is 263. The van der Waals surface area contributed by atoms with Crippen LogP contribution in [0.5, 0.6) is 0 Å². The molecule has 0 aliphatic rings. The van der Waals surface area contributed by atoms with Crippen LogP contribution in [0.4, 0.5) is 0 Å². The number of rotatable bonds is 2. The van der Waals surface area contributed by atoms with Crippen LogP contribution in [-0.4, -0.2) is 16.1 Å². The van der Waals surface area contributed by atoms with Gasteiger partial charge in [0, 0.05) is 6.04 Å². The third kappa shape index (κ3) is 1.31. The minimum atomic E-state index is 0.254. The zero-order chi connectivity index (χ0) is 8.43. The van der Waals surface area contributed by atoms with Gasteiger partial charge in [-0.25, -0.2) is 0 Å². The lowest BCUT2D eigenvalue weighted by Crippen LogP contribution is -2.06. The molecule has 0 spiro atoms. The molecule has 1 aromatic heterocycles. The Morgan fingerprint density at radius 1 is 1.64 bits per heavy atom. The summed E-state index contributed by atoms with van der Waals surface area (Å²) in [5, 5.41) is 4.07. The molecule has 0 atom stereocenters. The second-order valence-corrected chi connectivity index (χ2v) is 2.87. The Kier molecular flexibility index (Phi) is 2.08. The summed E-state index contributed by atoms with van der Waals surface area (Å²) in [4.78, 5) is 10.6. The molecule has 1 aromatic rings. The van der Waals surface area contributed by atoms with Crippen LogP contribution in [0.2, 0.25) is 0 Å². The minimum absolute atomic E-state index is 0.254. The van der Waals surface area contributed by atoms with E-state index in [1.165, 1.54) is 0 Å². The van der Waals surface area contributed by atoms with Crippen LogP contribution in [0.25, 0.3) is 0 Å². The fraction of sp³-hybridized carbons (Fsp3) is 0.500. The summed E-state index contributed by atoms with van der Waals surface area (Å²) in [5.74, 6) is 0. The van der Waals surface area contributed by atoms with Gasteiger partial charge in [-0.2, -0.15) is 5.10 Å². The number of hydrogen-bond acceptors (Lipinski definition) is 2. The van der Waals surface area contributed by atoms with Crippen molar-refractivity contribution in [2.24, 2.45) is 0 Å². The predicted octanol–water partition coefficient (Wildman–Crippen LogP) is 1.58. The standard InChI is InChI=1S/C8H12N2O/c1-6(2)10-8(5-11)7(3)4-9-10/h4-6H,1-3H3. The summed E-state index contributed by atoms with van der Waals surface area (Å²) in [6.07, 6.45) is 2.56. The van der Waals surface area contributed by atoms with Crippen molar-refractivity contribution < 1.29 is 4.79 Å². The Balaban J connectivity index is 3.15. The van der Waals surface area contributed by atoms with Crippen molar-refractivity contribution in [1.29, 1.82) is 0 Å². The van der Waals surface area contributed by atoms with Crippen molar-refractivity contribution in [2.45, 2.75) is 26.8 Å². The highest BCUT2D eigenvalue weighted by Crippen LogP contribution is 2.09. The lowest BCUT2D eigenvalue weighted by atomic mass is 10.3. The Morgan fingerprint density at radius 2 is 2.27 bits per heavy atom. The monoisotopic (exact) mass is 152 g/mol. The average Bonchev–Trinajstić information content (AvgIpc) is 2.30. The molecule has 0 aromatic carbocycles. The smallest absolute Gasteiger partial charge is 0.168 e. The van der Waals surface area contributed by atoms with Crippen molar-refractivity contribution in [3.8, 4) is 0 Å². The molecule has 3 heteroatoms. The van der Waals surface area contributed by atoms with E-state index in [0.717, 1.165) is 11.8 Å². The highest BCUT2D eigenvalue weighted by Gasteiger charge is 2.07. The molecule has 1 rings (SSSR count). The van der Waals surface area contributed by atoms with Gasteiger partial charge in [-0.15, -0.1) is 0 Å². The van der Waals surface area contributed by atoms with Crippen molar-refractivity contribution in [3.05, 3.63) is 17.5 Å². The summed E-state index contributed by atoms with van der Waals surface area (Å²) in [7, 11) is 0. The lowest BCUT2D eigenvalue weighted by Gasteiger charge is -2.06. The van der Waals surface area contributed by atoms with E-state index in [-0.39, 0.29) is 6.04 Å². The number of aryl methyl sites for hydroxylation is 1. The van der Waals surface area contributed by atoms with Crippen molar-refractivity contribution >= 4 is 6.29 Å². The van der Waals surface area contributed by atoms with Crippen LogP contribution < -0.4 is 0 Å². The zero-order valence-corrected chi connectivity index (χ0v) is 7.03. The lowest BCUT2D eigenvalue weighted by molar-refractivity contribution is 0.111. The van der Waals surface area contributed by atoms with Gasteiger partial charge in [-0.1, -0.05) is 0 Å². The summed E-state index contributed by atoms with van der Waals surface area (Å²) < 4.78 is 1.72. The number of hydrogen-bond donors (Lipinski definition) is 0. The van der Waals surface area contributed by atoms with Gasteiger partial charge in [-0.3, -0.25) is 9.48 Å². The summed E-state index contributed by atoms with van der Waals surface area (Å²) in [6, 6.07) is 0.254. The normalized spacial score (nSPS) is 10.5. The van der Waals surface area contributed by atoms with Crippen LogP contribution in [0.15, 0.2) is 6.20 Å². The molecule has 11 heavy (non-hydrogen) atoms. The highest BCUT2D eigenvalue weighted by atomic mass is 16.1. The quantitative estimate of drug-likeness (QED) is 0.603. The van der Waals surface area contributed by atoms with Crippen molar-refractivity contribution in [3.63, 3.8) is 0 Å².